The summed E-state index contributed by atoms with van der Waals surface area (Å²) in [6.45, 7) is 1.70. The van der Waals surface area contributed by atoms with Gasteiger partial charge in [-0.2, -0.15) is 0 Å². The summed E-state index contributed by atoms with van der Waals surface area (Å²) < 4.78 is 10.3. The standard InChI is InChI=1S/C24H22BNO6/c1-14-20(23(27)31-2)11-15(12-22(14)25(29)30)26-24(28)32-13-21-18-9-5-3-7-16(18)17-8-4-6-10-19(17)21/h3-12,21,29-30H,13H2,1-2H3,(H,26,28). The van der Waals surface area contributed by atoms with Crippen molar-refractivity contribution < 1.29 is 29.1 Å². The molecule has 7 nitrogen and oxygen atoms in total. The van der Waals surface area contributed by atoms with Gasteiger partial charge in [0.2, 0.25) is 0 Å². The van der Waals surface area contributed by atoms with Gasteiger partial charge >= 0.3 is 19.2 Å². The zero-order chi connectivity index (χ0) is 22.8. The van der Waals surface area contributed by atoms with Crippen molar-refractivity contribution in [1.29, 1.82) is 0 Å². The van der Waals surface area contributed by atoms with E-state index in [1.54, 1.807) is 6.92 Å². The van der Waals surface area contributed by atoms with Crippen LogP contribution in [0.5, 0.6) is 0 Å². The topological polar surface area (TPSA) is 105 Å². The lowest BCUT2D eigenvalue weighted by molar-refractivity contribution is 0.0600. The number of methoxy groups -OCH3 is 1. The minimum atomic E-state index is -1.82. The Kier molecular flexibility index (Phi) is 5.98. The van der Waals surface area contributed by atoms with Gasteiger partial charge in [-0.15, -0.1) is 0 Å². The van der Waals surface area contributed by atoms with Gasteiger partial charge in [0.15, 0.2) is 0 Å². The Balaban J connectivity index is 1.53. The third-order valence-corrected chi connectivity index (χ3v) is 5.72. The molecule has 1 aliphatic carbocycles. The predicted molar refractivity (Wildman–Crippen MR) is 121 cm³/mol. The van der Waals surface area contributed by atoms with Gasteiger partial charge in [0.25, 0.3) is 0 Å². The maximum atomic E-state index is 12.5. The van der Waals surface area contributed by atoms with Gasteiger partial charge in [0, 0.05) is 11.6 Å². The summed E-state index contributed by atoms with van der Waals surface area (Å²) in [5, 5.41) is 21.8. The molecule has 0 saturated carbocycles. The van der Waals surface area contributed by atoms with Crippen molar-refractivity contribution in [2.24, 2.45) is 0 Å². The maximum Gasteiger partial charge on any atom is 0.488 e. The zero-order valence-electron chi connectivity index (χ0n) is 17.7. The molecule has 0 spiro atoms. The maximum absolute atomic E-state index is 12.5. The summed E-state index contributed by atoms with van der Waals surface area (Å²) in [6, 6.07) is 18.8. The van der Waals surface area contributed by atoms with E-state index >= 15 is 0 Å². The van der Waals surface area contributed by atoms with Crippen molar-refractivity contribution in [1.82, 2.24) is 0 Å². The Hall–Kier alpha value is -3.62. The number of ether oxygens (including phenoxy) is 2. The summed E-state index contributed by atoms with van der Waals surface area (Å²) >= 11 is 0. The van der Waals surface area contributed by atoms with Crippen molar-refractivity contribution in [3.8, 4) is 11.1 Å². The van der Waals surface area contributed by atoms with Crippen LogP contribution in [0.1, 0.15) is 33.0 Å². The molecule has 0 aliphatic heterocycles. The highest BCUT2D eigenvalue weighted by Crippen LogP contribution is 2.44. The van der Waals surface area contributed by atoms with Gasteiger partial charge in [-0.3, -0.25) is 5.32 Å². The average molecular weight is 431 g/mol. The molecule has 0 atom stereocenters. The zero-order valence-corrected chi connectivity index (χ0v) is 17.7. The van der Waals surface area contributed by atoms with E-state index in [9.17, 15) is 19.6 Å². The molecule has 8 heteroatoms. The highest BCUT2D eigenvalue weighted by molar-refractivity contribution is 6.59. The summed E-state index contributed by atoms with van der Waals surface area (Å²) in [5.41, 5.74) is 5.18. The number of hydrogen-bond acceptors (Lipinski definition) is 6. The molecule has 4 rings (SSSR count). The van der Waals surface area contributed by atoms with Crippen molar-refractivity contribution in [2.45, 2.75) is 12.8 Å². The molecule has 32 heavy (non-hydrogen) atoms. The van der Waals surface area contributed by atoms with Crippen LogP contribution >= 0.6 is 0 Å². The Morgan fingerprint density at radius 1 is 1.00 bits per heavy atom. The molecule has 3 aromatic rings. The van der Waals surface area contributed by atoms with E-state index in [-0.39, 0.29) is 29.2 Å². The summed E-state index contributed by atoms with van der Waals surface area (Å²) in [5.74, 6) is -0.743. The van der Waals surface area contributed by atoms with E-state index in [2.05, 4.69) is 17.4 Å². The largest absolute Gasteiger partial charge is 0.488 e. The van der Waals surface area contributed by atoms with E-state index in [1.807, 2.05) is 36.4 Å². The molecule has 0 bridgehead atoms. The minimum Gasteiger partial charge on any atom is -0.465 e. The number of carbonyl (C=O) groups is 2. The lowest BCUT2D eigenvalue weighted by Gasteiger charge is -2.16. The summed E-state index contributed by atoms with van der Waals surface area (Å²) in [4.78, 5) is 24.6. The molecule has 0 fully saturated rings. The van der Waals surface area contributed by atoms with E-state index in [0.29, 0.717) is 5.56 Å². The third-order valence-electron chi connectivity index (χ3n) is 5.72. The van der Waals surface area contributed by atoms with Crippen molar-refractivity contribution in [3.63, 3.8) is 0 Å². The number of benzene rings is 3. The van der Waals surface area contributed by atoms with Crippen LogP contribution < -0.4 is 10.8 Å². The Labute approximate surface area is 185 Å². The van der Waals surface area contributed by atoms with Crippen LogP contribution in [-0.4, -0.2) is 42.9 Å². The highest BCUT2D eigenvalue weighted by Gasteiger charge is 2.29. The minimum absolute atomic E-state index is 0.0850. The number of amides is 1. The van der Waals surface area contributed by atoms with Crippen LogP contribution in [0.15, 0.2) is 60.7 Å². The van der Waals surface area contributed by atoms with Crippen LogP contribution in [0.2, 0.25) is 0 Å². The first-order valence-corrected chi connectivity index (χ1v) is 10.1. The Bertz CT molecular complexity index is 1150. The van der Waals surface area contributed by atoms with E-state index in [1.165, 1.54) is 19.2 Å². The molecular formula is C24H22BNO6. The van der Waals surface area contributed by atoms with E-state index in [0.717, 1.165) is 22.3 Å². The molecule has 0 aromatic heterocycles. The number of rotatable bonds is 5. The van der Waals surface area contributed by atoms with Crippen LogP contribution in [0.25, 0.3) is 11.1 Å². The first kappa shape index (κ1) is 21.6. The first-order valence-electron chi connectivity index (χ1n) is 10.1. The SMILES string of the molecule is COC(=O)c1cc(NC(=O)OCC2c3ccccc3-c3ccccc32)cc(B(O)O)c1C. The Morgan fingerprint density at radius 2 is 1.59 bits per heavy atom. The molecule has 0 saturated heterocycles. The molecule has 1 amide bonds. The molecule has 0 heterocycles. The van der Waals surface area contributed by atoms with Gasteiger partial charge in [-0.25, -0.2) is 9.59 Å². The van der Waals surface area contributed by atoms with Crippen LogP contribution in [0, 0.1) is 6.92 Å². The second-order valence-electron chi connectivity index (χ2n) is 7.55. The lowest BCUT2D eigenvalue weighted by Crippen LogP contribution is -2.34. The second-order valence-corrected chi connectivity index (χ2v) is 7.55. The first-order chi connectivity index (χ1) is 15.4. The smallest absolute Gasteiger partial charge is 0.465 e. The summed E-state index contributed by atoms with van der Waals surface area (Å²) in [6.07, 6.45) is -0.718. The fourth-order valence-electron chi connectivity index (χ4n) is 4.15. The van der Waals surface area contributed by atoms with E-state index < -0.39 is 19.2 Å². The van der Waals surface area contributed by atoms with Crippen LogP contribution in [0.4, 0.5) is 10.5 Å². The fraction of sp³-hybridized carbons (Fsp3) is 0.167. The van der Waals surface area contributed by atoms with Crippen molar-refractivity contribution >= 4 is 30.3 Å². The highest BCUT2D eigenvalue weighted by atomic mass is 16.5. The third kappa shape index (κ3) is 3.98. The van der Waals surface area contributed by atoms with Crippen LogP contribution in [-0.2, 0) is 9.47 Å². The Morgan fingerprint density at radius 3 is 2.16 bits per heavy atom. The van der Waals surface area contributed by atoms with Crippen molar-refractivity contribution in [3.05, 3.63) is 82.9 Å². The second kappa shape index (κ2) is 8.86. The molecule has 162 valence electrons. The molecule has 0 unspecified atom stereocenters. The number of hydrogen-bond donors (Lipinski definition) is 3. The number of carbonyl (C=O) groups excluding carboxylic acids is 2. The fourth-order valence-corrected chi connectivity index (χ4v) is 4.15. The van der Waals surface area contributed by atoms with Gasteiger partial charge in [-0.05, 0) is 52.3 Å². The predicted octanol–water partition coefficient (Wildman–Crippen LogP) is 2.82. The number of esters is 1. The summed E-state index contributed by atoms with van der Waals surface area (Å²) in [7, 11) is -0.592. The number of nitrogens with one attached hydrogen (secondary N) is 1. The molecular weight excluding hydrogens is 409 g/mol. The van der Waals surface area contributed by atoms with Gasteiger partial charge in [0.1, 0.15) is 6.61 Å². The van der Waals surface area contributed by atoms with Gasteiger partial charge < -0.3 is 19.5 Å². The molecule has 3 N–H and O–H groups in total. The molecule has 0 radical (unpaired) electrons. The number of anilines is 1. The van der Waals surface area contributed by atoms with Crippen molar-refractivity contribution in [2.75, 3.05) is 19.0 Å². The lowest BCUT2D eigenvalue weighted by atomic mass is 9.75. The average Bonchev–Trinajstić information content (AvgIpc) is 3.11. The number of fused-ring (bicyclic) bond motifs is 3. The normalized spacial score (nSPS) is 12.0. The quantitative estimate of drug-likeness (QED) is 0.424. The van der Waals surface area contributed by atoms with E-state index in [4.69, 9.17) is 9.47 Å². The van der Waals surface area contributed by atoms with Crippen LogP contribution in [0.3, 0.4) is 0 Å². The van der Waals surface area contributed by atoms with Gasteiger partial charge in [-0.1, -0.05) is 48.5 Å². The molecule has 3 aromatic carbocycles. The molecule has 1 aliphatic rings. The van der Waals surface area contributed by atoms with Gasteiger partial charge in [0.05, 0.1) is 12.7 Å². The monoisotopic (exact) mass is 431 g/mol.